The van der Waals surface area contributed by atoms with Crippen molar-refractivity contribution in [3.63, 3.8) is 0 Å². The normalized spacial score (nSPS) is 10.9. The van der Waals surface area contributed by atoms with Crippen molar-refractivity contribution < 1.29 is 9.21 Å². The van der Waals surface area contributed by atoms with Gasteiger partial charge in [0.2, 0.25) is 5.91 Å². The second kappa shape index (κ2) is 6.88. The number of unbranched alkanes of at least 4 members (excludes halogenated alkanes) is 2. The molecular weight excluding hydrogens is 202 g/mol. The van der Waals surface area contributed by atoms with E-state index in [1.54, 1.807) is 6.08 Å². The molecule has 1 aromatic rings. The third-order valence-electron chi connectivity index (χ3n) is 2.24. The van der Waals surface area contributed by atoms with Gasteiger partial charge in [-0.2, -0.15) is 0 Å². The highest BCUT2D eigenvalue weighted by molar-refractivity contribution is 5.91. The number of carbonyl (C=O) groups excluding carboxylic acids is 1. The molecular formula is C13H19NO2. The SMILES string of the molecule is CCCCCNC(=O)/C=C/c1ccc(C)o1. The molecule has 3 nitrogen and oxygen atoms in total. The molecule has 1 aromatic heterocycles. The van der Waals surface area contributed by atoms with Gasteiger partial charge in [-0.05, 0) is 31.6 Å². The third kappa shape index (κ3) is 4.82. The highest BCUT2D eigenvalue weighted by Gasteiger charge is 1.96. The van der Waals surface area contributed by atoms with Crippen molar-refractivity contribution in [2.24, 2.45) is 0 Å². The summed E-state index contributed by atoms with van der Waals surface area (Å²) in [7, 11) is 0. The number of nitrogens with one attached hydrogen (secondary N) is 1. The van der Waals surface area contributed by atoms with Gasteiger partial charge < -0.3 is 9.73 Å². The maximum atomic E-state index is 11.3. The van der Waals surface area contributed by atoms with Crippen molar-refractivity contribution in [3.05, 3.63) is 29.7 Å². The lowest BCUT2D eigenvalue weighted by atomic mass is 10.2. The Morgan fingerprint density at radius 3 is 2.88 bits per heavy atom. The average Bonchev–Trinajstić information content (AvgIpc) is 2.68. The summed E-state index contributed by atoms with van der Waals surface area (Å²) in [4.78, 5) is 11.3. The van der Waals surface area contributed by atoms with Crippen LogP contribution in [0.4, 0.5) is 0 Å². The van der Waals surface area contributed by atoms with E-state index in [-0.39, 0.29) is 5.91 Å². The first-order valence-electron chi connectivity index (χ1n) is 5.74. The Bertz CT molecular complexity index is 353. The van der Waals surface area contributed by atoms with E-state index >= 15 is 0 Å². The van der Waals surface area contributed by atoms with E-state index in [4.69, 9.17) is 4.42 Å². The van der Waals surface area contributed by atoms with Crippen LogP contribution in [0.3, 0.4) is 0 Å². The topological polar surface area (TPSA) is 42.2 Å². The van der Waals surface area contributed by atoms with E-state index in [2.05, 4.69) is 12.2 Å². The van der Waals surface area contributed by atoms with Gasteiger partial charge in [0.05, 0.1) is 0 Å². The monoisotopic (exact) mass is 221 g/mol. The highest BCUT2D eigenvalue weighted by atomic mass is 16.3. The van der Waals surface area contributed by atoms with Gasteiger partial charge in [-0.25, -0.2) is 0 Å². The summed E-state index contributed by atoms with van der Waals surface area (Å²) in [6.45, 7) is 4.76. The van der Waals surface area contributed by atoms with Gasteiger partial charge in [0.15, 0.2) is 0 Å². The number of aryl methyl sites for hydroxylation is 1. The van der Waals surface area contributed by atoms with Crippen LogP contribution in [0.2, 0.25) is 0 Å². The first-order chi connectivity index (χ1) is 7.72. The molecule has 0 saturated heterocycles. The van der Waals surface area contributed by atoms with Crippen molar-refractivity contribution in [3.8, 4) is 0 Å². The van der Waals surface area contributed by atoms with Crippen LogP contribution in [0, 0.1) is 6.92 Å². The minimum absolute atomic E-state index is 0.0647. The van der Waals surface area contributed by atoms with E-state index in [1.807, 2.05) is 19.1 Å². The van der Waals surface area contributed by atoms with Crippen LogP contribution in [-0.4, -0.2) is 12.5 Å². The van der Waals surface area contributed by atoms with Crippen molar-refractivity contribution in [2.45, 2.75) is 33.1 Å². The fourth-order valence-electron chi connectivity index (χ4n) is 1.35. The molecule has 0 bridgehead atoms. The van der Waals surface area contributed by atoms with E-state index in [9.17, 15) is 4.79 Å². The molecule has 16 heavy (non-hydrogen) atoms. The second-order valence-electron chi connectivity index (χ2n) is 3.78. The first kappa shape index (κ1) is 12.6. The van der Waals surface area contributed by atoms with E-state index in [1.165, 1.54) is 6.08 Å². The fourth-order valence-corrected chi connectivity index (χ4v) is 1.35. The minimum atomic E-state index is -0.0647. The summed E-state index contributed by atoms with van der Waals surface area (Å²) in [5, 5.41) is 2.83. The Morgan fingerprint density at radius 2 is 2.25 bits per heavy atom. The van der Waals surface area contributed by atoms with Crippen molar-refractivity contribution in [1.82, 2.24) is 5.32 Å². The summed E-state index contributed by atoms with van der Waals surface area (Å²) in [5.41, 5.74) is 0. The predicted molar refractivity (Wildman–Crippen MR) is 65.0 cm³/mol. The summed E-state index contributed by atoms with van der Waals surface area (Å²) in [5.74, 6) is 1.49. The van der Waals surface area contributed by atoms with Crippen LogP contribution in [-0.2, 0) is 4.79 Å². The average molecular weight is 221 g/mol. The lowest BCUT2D eigenvalue weighted by Crippen LogP contribution is -2.21. The van der Waals surface area contributed by atoms with Gasteiger partial charge in [-0.1, -0.05) is 19.8 Å². The standard InChI is InChI=1S/C13H19NO2/c1-3-4-5-10-14-13(15)9-8-12-7-6-11(2)16-12/h6-9H,3-5,10H2,1-2H3,(H,14,15)/b9-8+. The van der Waals surface area contributed by atoms with Gasteiger partial charge in [0.25, 0.3) is 0 Å². The van der Waals surface area contributed by atoms with Crippen LogP contribution in [0.25, 0.3) is 6.08 Å². The number of carbonyl (C=O) groups is 1. The minimum Gasteiger partial charge on any atom is -0.462 e. The van der Waals surface area contributed by atoms with Crippen LogP contribution in [0.1, 0.15) is 37.7 Å². The molecule has 1 amide bonds. The van der Waals surface area contributed by atoms with Crippen molar-refractivity contribution in [1.29, 1.82) is 0 Å². The van der Waals surface area contributed by atoms with Gasteiger partial charge in [0.1, 0.15) is 11.5 Å². The van der Waals surface area contributed by atoms with Crippen LogP contribution >= 0.6 is 0 Å². The Balaban J connectivity index is 2.26. The molecule has 0 aliphatic heterocycles. The van der Waals surface area contributed by atoms with Gasteiger partial charge in [0, 0.05) is 12.6 Å². The number of amides is 1. The first-order valence-corrected chi connectivity index (χ1v) is 5.74. The quantitative estimate of drug-likeness (QED) is 0.593. The lowest BCUT2D eigenvalue weighted by Gasteiger charge is -1.99. The molecule has 0 radical (unpaired) electrons. The molecule has 0 unspecified atom stereocenters. The number of hydrogen-bond donors (Lipinski definition) is 1. The van der Waals surface area contributed by atoms with E-state index in [0.29, 0.717) is 5.76 Å². The molecule has 0 aromatic carbocycles. The molecule has 0 spiro atoms. The Hall–Kier alpha value is -1.51. The molecule has 0 saturated carbocycles. The Labute approximate surface area is 96.5 Å². The van der Waals surface area contributed by atoms with Gasteiger partial charge in [-0.15, -0.1) is 0 Å². The summed E-state index contributed by atoms with van der Waals surface area (Å²) in [6, 6.07) is 3.72. The van der Waals surface area contributed by atoms with Gasteiger partial charge >= 0.3 is 0 Å². The van der Waals surface area contributed by atoms with E-state index in [0.717, 1.165) is 31.6 Å². The molecule has 1 rings (SSSR count). The molecule has 1 heterocycles. The zero-order valence-corrected chi connectivity index (χ0v) is 9.95. The maximum Gasteiger partial charge on any atom is 0.244 e. The van der Waals surface area contributed by atoms with Crippen LogP contribution in [0.5, 0.6) is 0 Å². The van der Waals surface area contributed by atoms with Crippen molar-refractivity contribution >= 4 is 12.0 Å². The van der Waals surface area contributed by atoms with E-state index < -0.39 is 0 Å². The summed E-state index contributed by atoms with van der Waals surface area (Å²) in [6.07, 6.45) is 6.54. The van der Waals surface area contributed by atoms with Gasteiger partial charge in [-0.3, -0.25) is 4.79 Å². The molecule has 3 heteroatoms. The fraction of sp³-hybridized carbons (Fsp3) is 0.462. The lowest BCUT2D eigenvalue weighted by molar-refractivity contribution is -0.116. The number of hydrogen-bond acceptors (Lipinski definition) is 2. The predicted octanol–water partition coefficient (Wildman–Crippen LogP) is 2.91. The summed E-state index contributed by atoms with van der Waals surface area (Å²) >= 11 is 0. The second-order valence-corrected chi connectivity index (χ2v) is 3.78. The highest BCUT2D eigenvalue weighted by Crippen LogP contribution is 2.07. The number of rotatable bonds is 6. The van der Waals surface area contributed by atoms with Crippen LogP contribution < -0.4 is 5.32 Å². The molecule has 0 aliphatic rings. The summed E-state index contributed by atoms with van der Waals surface area (Å²) < 4.78 is 5.31. The largest absolute Gasteiger partial charge is 0.462 e. The smallest absolute Gasteiger partial charge is 0.244 e. The Morgan fingerprint density at radius 1 is 1.44 bits per heavy atom. The van der Waals surface area contributed by atoms with Crippen LogP contribution in [0.15, 0.2) is 22.6 Å². The number of furan rings is 1. The zero-order chi connectivity index (χ0) is 11.8. The van der Waals surface area contributed by atoms with Crippen molar-refractivity contribution in [2.75, 3.05) is 6.54 Å². The Kier molecular flexibility index (Phi) is 5.40. The molecule has 0 fully saturated rings. The molecule has 0 aliphatic carbocycles. The zero-order valence-electron chi connectivity index (χ0n) is 9.95. The molecule has 1 N–H and O–H groups in total. The molecule has 88 valence electrons. The molecule has 0 atom stereocenters. The maximum absolute atomic E-state index is 11.3. The third-order valence-corrected chi connectivity index (χ3v) is 2.24.